The van der Waals surface area contributed by atoms with Crippen LogP contribution in [0, 0.1) is 0 Å². The molecule has 1 aliphatic heterocycles. The Hall–Kier alpha value is -2.97. The van der Waals surface area contributed by atoms with E-state index >= 15 is 0 Å². The molecule has 1 fully saturated rings. The summed E-state index contributed by atoms with van der Waals surface area (Å²) in [4.78, 5) is 24.8. The Kier molecular flexibility index (Phi) is 6.48. The number of nitrogens with one attached hydrogen (secondary N) is 2. The summed E-state index contributed by atoms with van der Waals surface area (Å²) in [6, 6.07) is 21.3. The number of fused-ring (bicyclic) bond motifs is 1. The van der Waals surface area contributed by atoms with Crippen LogP contribution in [0.1, 0.15) is 18.9 Å². The second kappa shape index (κ2) is 9.45. The molecule has 1 aliphatic rings. The molecular formula is C23H19BrN4O2S. The molecule has 1 unspecified atom stereocenters. The average molecular weight is 495 g/mol. The van der Waals surface area contributed by atoms with Gasteiger partial charge in [-0.1, -0.05) is 70.2 Å². The number of hydrogen-bond donors (Lipinski definition) is 2. The largest absolute Gasteiger partial charge is 0.325 e. The van der Waals surface area contributed by atoms with E-state index < -0.39 is 5.25 Å². The smallest absolute Gasteiger partial charge is 0.238 e. The number of carbonyl (C=O) groups excluding carboxylic acids is 2. The Morgan fingerprint density at radius 3 is 2.65 bits per heavy atom. The number of hydrogen-bond acceptors (Lipinski definition) is 5. The lowest BCUT2D eigenvalue weighted by atomic mass is 10.0. The third kappa shape index (κ3) is 5.21. The molecule has 0 aliphatic carbocycles. The zero-order chi connectivity index (χ0) is 21.8. The quantitative estimate of drug-likeness (QED) is 0.397. The van der Waals surface area contributed by atoms with Crippen molar-refractivity contribution in [1.29, 1.82) is 0 Å². The summed E-state index contributed by atoms with van der Waals surface area (Å²) >= 11 is 4.56. The Labute approximate surface area is 192 Å². The van der Waals surface area contributed by atoms with Crippen LogP contribution in [-0.2, 0) is 9.59 Å². The minimum atomic E-state index is -0.579. The summed E-state index contributed by atoms with van der Waals surface area (Å²) < 4.78 is 0.922. The van der Waals surface area contributed by atoms with E-state index in [0.717, 1.165) is 26.5 Å². The highest BCUT2D eigenvalue weighted by molar-refractivity contribution is 9.10. The maximum atomic E-state index is 12.6. The number of halogens is 1. The average Bonchev–Trinajstić information content (AvgIpc) is 2.78. The SMILES string of the molecule is CC(=NN=C1NC(=O)CC(C(=O)Nc2ccc(Br)cc2)S1)c1cccc2ccccc12. The van der Waals surface area contributed by atoms with E-state index in [0.29, 0.717) is 10.9 Å². The molecule has 6 nitrogen and oxygen atoms in total. The van der Waals surface area contributed by atoms with Crippen LogP contribution < -0.4 is 10.6 Å². The van der Waals surface area contributed by atoms with E-state index in [1.54, 1.807) is 12.1 Å². The fourth-order valence-corrected chi connectivity index (χ4v) is 4.41. The topological polar surface area (TPSA) is 82.9 Å². The summed E-state index contributed by atoms with van der Waals surface area (Å²) in [7, 11) is 0. The van der Waals surface area contributed by atoms with Crippen molar-refractivity contribution in [2.24, 2.45) is 10.2 Å². The zero-order valence-corrected chi connectivity index (χ0v) is 19.0. The second-order valence-corrected chi connectivity index (χ2v) is 9.08. The molecule has 3 aromatic carbocycles. The van der Waals surface area contributed by atoms with Gasteiger partial charge in [0.25, 0.3) is 0 Å². The third-order valence-corrected chi connectivity index (χ3v) is 6.35. The lowest BCUT2D eigenvalue weighted by molar-refractivity contribution is -0.123. The van der Waals surface area contributed by atoms with Gasteiger partial charge in [0.05, 0.1) is 5.71 Å². The Balaban J connectivity index is 1.51. The first-order chi connectivity index (χ1) is 15.0. The lowest BCUT2D eigenvalue weighted by Crippen LogP contribution is -2.41. The minimum absolute atomic E-state index is 0.0814. The van der Waals surface area contributed by atoms with Crippen LogP contribution in [0.5, 0.6) is 0 Å². The van der Waals surface area contributed by atoms with Crippen molar-refractivity contribution in [3.05, 3.63) is 76.8 Å². The van der Waals surface area contributed by atoms with Gasteiger partial charge in [0.2, 0.25) is 11.8 Å². The summed E-state index contributed by atoms with van der Waals surface area (Å²) in [5.41, 5.74) is 2.36. The number of anilines is 1. The summed E-state index contributed by atoms with van der Waals surface area (Å²) in [5, 5.41) is 16.0. The molecule has 2 amide bonds. The van der Waals surface area contributed by atoms with Gasteiger partial charge in [-0.05, 0) is 42.0 Å². The molecule has 8 heteroatoms. The predicted molar refractivity (Wildman–Crippen MR) is 131 cm³/mol. The van der Waals surface area contributed by atoms with Gasteiger partial charge in [-0.2, -0.15) is 5.10 Å². The van der Waals surface area contributed by atoms with Crippen LogP contribution in [0.15, 0.2) is 81.4 Å². The molecule has 0 radical (unpaired) electrons. The lowest BCUT2D eigenvalue weighted by Gasteiger charge is -2.21. The van der Waals surface area contributed by atoms with Crippen LogP contribution in [0.4, 0.5) is 5.69 Å². The van der Waals surface area contributed by atoms with Crippen molar-refractivity contribution in [1.82, 2.24) is 5.32 Å². The van der Waals surface area contributed by atoms with Crippen LogP contribution in [0.2, 0.25) is 0 Å². The van der Waals surface area contributed by atoms with Crippen molar-refractivity contribution in [3.63, 3.8) is 0 Å². The van der Waals surface area contributed by atoms with Gasteiger partial charge in [-0.15, -0.1) is 5.10 Å². The van der Waals surface area contributed by atoms with Gasteiger partial charge in [-0.3, -0.25) is 9.59 Å². The molecule has 0 bridgehead atoms. The monoisotopic (exact) mass is 494 g/mol. The predicted octanol–water partition coefficient (Wildman–Crippen LogP) is 4.94. The number of carbonyl (C=O) groups is 2. The van der Waals surface area contributed by atoms with Crippen LogP contribution >= 0.6 is 27.7 Å². The number of benzene rings is 3. The summed E-state index contributed by atoms with van der Waals surface area (Å²) in [5.74, 6) is -0.504. The molecule has 0 saturated carbocycles. The Morgan fingerprint density at radius 2 is 1.84 bits per heavy atom. The molecule has 2 N–H and O–H groups in total. The van der Waals surface area contributed by atoms with Gasteiger partial charge in [0, 0.05) is 22.1 Å². The normalized spacial score (nSPS) is 18.1. The molecule has 1 heterocycles. The van der Waals surface area contributed by atoms with Crippen molar-refractivity contribution in [3.8, 4) is 0 Å². The van der Waals surface area contributed by atoms with E-state index in [2.05, 4.69) is 36.8 Å². The van der Waals surface area contributed by atoms with Crippen molar-refractivity contribution in [2.75, 3.05) is 5.32 Å². The van der Waals surface area contributed by atoms with E-state index in [-0.39, 0.29) is 18.2 Å². The van der Waals surface area contributed by atoms with E-state index in [1.165, 1.54) is 11.8 Å². The standard InChI is InChI=1S/C23H19BrN4O2S/c1-14(18-8-4-6-15-5-2-3-7-19(15)18)27-28-23-26-21(29)13-20(31-23)22(30)25-17-11-9-16(24)10-12-17/h2-12,20H,13H2,1H3,(H,25,30)(H,26,28,29). The fraction of sp³-hybridized carbons (Fsp3) is 0.130. The highest BCUT2D eigenvalue weighted by Gasteiger charge is 2.30. The molecule has 0 aromatic heterocycles. The number of nitrogens with zero attached hydrogens (tertiary/aromatic N) is 2. The molecule has 0 spiro atoms. The van der Waals surface area contributed by atoms with Crippen LogP contribution in [0.3, 0.4) is 0 Å². The molecule has 1 atom stereocenters. The van der Waals surface area contributed by atoms with Gasteiger partial charge < -0.3 is 10.6 Å². The first-order valence-electron chi connectivity index (χ1n) is 9.63. The zero-order valence-electron chi connectivity index (χ0n) is 16.6. The highest BCUT2D eigenvalue weighted by Crippen LogP contribution is 2.24. The number of amides is 2. The van der Waals surface area contributed by atoms with Crippen LogP contribution in [0.25, 0.3) is 10.8 Å². The molecule has 4 rings (SSSR count). The van der Waals surface area contributed by atoms with Gasteiger partial charge >= 0.3 is 0 Å². The molecule has 156 valence electrons. The first kappa shape index (κ1) is 21.3. The maximum Gasteiger partial charge on any atom is 0.238 e. The number of amidine groups is 1. The maximum absolute atomic E-state index is 12.6. The van der Waals surface area contributed by atoms with E-state index in [1.807, 2.05) is 61.5 Å². The van der Waals surface area contributed by atoms with Crippen molar-refractivity contribution >= 4 is 66.8 Å². The van der Waals surface area contributed by atoms with Crippen molar-refractivity contribution < 1.29 is 9.59 Å². The molecule has 31 heavy (non-hydrogen) atoms. The minimum Gasteiger partial charge on any atom is -0.325 e. The van der Waals surface area contributed by atoms with E-state index in [9.17, 15) is 9.59 Å². The number of thioether (sulfide) groups is 1. The third-order valence-electron chi connectivity index (χ3n) is 4.75. The molecular weight excluding hydrogens is 476 g/mol. The van der Waals surface area contributed by atoms with Crippen LogP contribution in [-0.4, -0.2) is 27.9 Å². The van der Waals surface area contributed by atoms with E-state index in [4.69, 9.17) is 0 Å². The fourth-order valence-electron chi connectivity index (χ4n) is 3.21. The summed E-state index contributed by atoms with van der Waals surface area (Å²) in [6.07, 6.45) is 0.0814. The highest BCUT2D eigenvalue weighted by atomic mass is 79.9. The number of rotatable bonds is 4. The van der Waals surface area contributed by atoms with Gasteiger partial charge in [0.15, 0.2) is 5.17 Å². The van der Waals surface area contributed by atoms with Gasteiger partial charge in [-0.25, -0.2) is 0 Å². The second-order valence-electron chi connectivity index (χ2n) is 6.97. The Morgan fingerprint density at radius 1 is 1.10 bits per heavy atom. The molecule has 1 saturated heterocycles. The molecule has 3 aromatic rings. The Bertz CT molecular complexity index is 1200. The van der Waals surface area contributed by atoms with Gasteiger partial charge in [0.1, 0.15) is 5.25 Å². The first-order valence-corrected chi connectivity index (χ1v) is 11.3. The summed E-state index contributed by atoms with van der Waals surface area (Å²) in [6.45, 7) is 1.87. The van der Waals surface area contributed by atoms with Crippen molar-refractivity contribution in [2.45, 2.75) is 18.6 Å².